The molecule has 0 radical (unpaired) electrons. The topological polar surface area (TPSA) is 113 Å². The molecule has 126 valence electrons. The average molecular weight is 339 g/mol. The Hall–Kier alpha value is -3.62. The molecule has 3 rings (SSSR count). The zero-order valence-corrected chi connectivity index (χ0v) is 13.2. The minimum Gasteiger partial charge on any atom is -0.461 e. The molecule has 0 bridgehead atoms. The lowest BCUT2D eigenvalue weighted by Crippen LogP contribution is -2.08. The molecule has 9 nitrogen and oxygen atoms in total. The van der Waals surface area contributed by atoms with Crippen LogP contribution in [-0.2, 0) is 4.74 Å². The zero-order chi connectivity index (χ0) is 17.8. The first-order valence-corrected chi connectivity index (χ1v) is 7.40. The summed E-state index contributed by atoms with van der Waals surface area (Å²) in [5, 5.41) is 18.8. The summed E-state index contributed by atoms with van der Waals surface area (Å²) in [6.45, 7) is 1.89. The minimum absolute atomic E-state index is 0.0347. The lowest BCUT2D eigenvalue weighted by atomic mass is 10.1. The van der Waals surface area contributed by atoms with Gasteiger partial charge < -0.3 is 4.74 Å². The van der Waals surface area contributed by atoms with Gasteiger partial charge in [0.15, 0.2) is 5.69 Å². The molecule has 0 fully saturated rings. The van der Waals surface area contributed by atoms with Gasteiger partial charge >= 0.3 is 5.97 Å². The molecule has 0 atom stereocenters. The van der Waals surface area contributed by atoms with Crippen molar-refractivity contribution in [2.45, 2.75) is 6.92 Å². The van der Waals surface area contributed by atoms with Crippen molar-refractivity contribution in [3.8, 4) is 16.9 Å². The molecule has 0 spiro atoms. The predicted octanol–water partition coefficient (Wildman–Crippen LogP) is 2.41. The smallest absolute Gasteiger partial charge is 0.361 e. The van der Waals surface area contributed by atoms with E-state index in [-0.39, 0.29) is 18.0 Å². The maximum absolute atomic E-state index is 12.2. The van der Waals surface area contributed by atoms with E-state index in [1.807, 2.05) is 0 Å². The van der Waals surface area contributed by atoms with Crippen LogP contribution in [0, 0.1) is 10.1 Å². The van der Waals surface area contributed by atoms with E-state index in [2.05, 4.69) is 15.3 Å². The Morgan fingerprint density at radius 3 is 2.48 bits per heavy atom. The average Bonchev–Trinajstić information content (AvgIpc) is 3.08. The summed E-state index contributed by atoms with van der Waals surface area (Å²) < 4.78 is 6.49. The maximum atomic E-state index is 12.2. The summed E-state index contributed by atoms with van der Waals surface area (Å²) in [6.07, 6.45) is 3.17. The summed E-state index contributed by atoms with van der Waals surface area (Å²) in [7, 11) is 0. The summed E-state index contributed by atoms with van der Waals surface area (Å²) in [5.41, 5.74) is 1.57. The number of hydrogen-bond donors (Lipinski definition) is 0. The molecule has 0 N–H and O–H groups in total. The molecule has 2 aromatic heterocycles. The van der Waals surface area contributed by atoms with Gasteiger partial charge in [-0.05, 0) is 31.2 Å². The zero-order valence-electron chi connectivity index (χ0n) is 13.2. The monoisotopic (exact) mass is 339 g/mol. The van der Waals surface area contributed by atoms with Crippen LogP contribution in [0.3, 0.4) is 0 Å². The van der Waals surface area contributed by atoms with Gasteiger partial charge in [-0.25, -0.2) is 9.48 Å². The number of aromatic nitrogens is 4. The van der Waals surface area contributed by atoms with Crippen molar-refractivity contribution < 1.29 is 14.5 Å². The number of ether oxygens (including phenoxy) is 1. The van der Waals surface area contributed by atoms with E-state index in [1.165, 1.54) is 28.9 Å². The highest BCUT2D eigenvalue weighted by atomic mass is 16.6. The molecule has 0 aliphatic carbocycles. The third kappa shape index (κ3) is 3.20. The van der Waals surface area contributed by atoms with E-state index in [1.54, 1.807) is 31.5 Å². The number of esters is 1. The Labute approximate surface area is 142 Å². The van der Waals surface area contributed by atoms with Crippen LogP contribution >= 0.6 is 0 Å². The first-order chi connectivity index (χ1) is 12.1. The third-order valence-corrected chi connectivity index (χ3v) is 3.40. The van der Waals surface area contributed by atoms with Crippen molar-refractivity contribution >= 4 is 11.7 Å². The lowest BCUT2D eigenvalue weighted by Gasteiger charge is -2.08. The van der Waals surface area contributed by atoms with Crippen LogP contribution in [0.15, 0.2) is 48.8 Å². The molecular formula is C16H13N5O4. The highest BCUT2D eigenvalue weighted by Crippen LogP contribution is 2.27. The minimum atomic E-state index is -0.615. The SMILES string of the molecule is CCOC(=O)c1nnn(-c2ccncc2)c1-c1ccc([N+](=O)[O-])cc1. The molecule has 0 amide bonds. The van der Waals surface area contributed by atoms with Crippen LogP contribution in [0.4, 0.5) is 5.69 Å². The second-order valence-corrected chi connectivity index (χ2v) is 4.93. The van der Waals surface area contributed by atoms with Gasteiger partial charge in [-0.1, -0.05) is 5.21 Å². The second-order valence-electron chi connectivity index (χ2n) is 4.93. The molecule has 9 heteroatoms. The van der Waals surface area contributed by atoms with Crippen molar-refractivity contribution in [1.82, 2.24) is 20.0 Å². The van der Waals surface area contributed by atoms with Gasteiger partial charge in [0.05, 0.1) is 17.2 Å². The van der Waals surface area contributed by atoms with Crippen LogP contribution in [0.5, 0.6) is 0 Å². The second kappa shape index (κ2) is 6.87. The number of benzene rings is 1. The van der Waals surface area contributed by atoms with Gasteiger partial charge in [0.1, 0.15) is 5.69 Å². The van der Waals surface area contributed by atoms with Gasteiger partial charge in [0.2, 0.25) is 0 Å². The number of nitrogens with zero attached hydrogens (tertiary/aromatic N) is 5. The van der Waals surface area contributed by atoms with E-state index < -0.39 is 10.9 Å². The molecule has 1 aromatic carbocycles. The van der Waals surface area contributed by atoms with Crippen LogP contribution in [0.1, 0.15) is 17.4 Å². The molecule has 0 aliphatic rings. The maximum Gasteiger partial charge on any atom is 0.361 e. The number of rotatable bonds is 5. The Morgan fingerprint density at radius 1 is 1.20 bits per heavy atom. The molecule has 2 heterocycles. The molecule has 0 aliphatic heterocycles. The Morgan fingerprint density at radius 2 is 1.88 bits per heavy atom. The van der Waals surface area contributed by atoms with Gasteiger partial charge in [-0.15, -0.1) is 5.10 Å². The summed E-state index contributed by atoms with van der Waals surface area (Å²) in [4.78, 5) is 26.5. The molecular weight excluding hydrogens is 326 g/mol. The third-order valence-electron chi connectivity index (χ3n) is 3.40. The molecule has 0 saturated carbocycles. The highest BCUT2D eigenvalue weighted by molar-refractivity contribution is 5.94. The summed E-state index contributed by atoms with van der Waals surface area (Å²) in [6, 6.07) is 9.20. The van der Waals surface area contributed by atoms with Crippen LogP contribution in [-0.4, -0.2) is 37.5 Å². The van der Waals surface area contributed by atoms with Gasteiger partial charge in [0, 0.05) is 30.1 Å². The van der Waals surface area contributed by atoms with Crippen LogP contribution in [0.25, 0.3) is 16.9 Å². The van der Waals surface area contributed by atoms with Crippen LogP contribution in [0.2, 0.25) is 0 Å². The van der Waals surface area contributed by atoms with Crippen molar-refractivity contribution in [2.75, 3.05) is 6.61 Å². The first kappa shape index (κ1) is 16.2. The highest BCUT2D eigenvalue weighted by Gasteiger charge is 2.23. The van der Waals surface area contributed by atoms with E-state index >= 15 is 0 Å². The molecule has 0 saturated heterocycles. The summed E-state index contributed by atoms with van der Waals surface area (Å²) >= 11 is 0. The fourth-order valence-corrected chi connectivity index (χ4v) is 2.28. The van der Waals surface area contributed by atoms with Gasteiger partial charge in [0.25, 0.3) is 5.69 Å². The van der Waals surface area contributed by atoms with Crippen LogP contribution < -0.4 is 0 Å². The number of non-ortho nitro benzene ring substituents is 1. The largest absolute Gasteiger partial charge is 0.461 e. The number of pyridine rings is 1. The van der Waals surface area contributed by atoms with E-state index in [0.29, 0.717) is 16.9 Å². The van der Waals surface area contributed by atoms with E-state index in [4.69, 9.17) is 4.74 Å². The van der Waals surface area contributed by atoms with E-state index in [0.717, 1.165) is 0 Å². The van der Waals surface area contributed by atoms with E-state index in [9.17, 15) is 14.9 Å². The van der Waals surface area contributed by atoms with Crippen molar-refractivity contribution in [3.63, 3.8) is 0 Å². The molecule has 0 unspecified atom stereocenters. The Kier molecular flexibility index (Phi) is 4.46. The van der Waals surface area contributed by atoms with Crippen molar-refractivity contribution in [2.24, 2.45) is 0 Å². The number of nitro groups is 1. The Balaban J connectivity index is 2.15. The normalized spacial score (nSPS) is 10.4. The fourth-order valence-electron chi connectivity index (χ4n) is 2.28. The summed E-state index contributed by atoms with van der Waals surface area (Å²) in [5.74, 6) is -0.615. The predicted molar refractivity (Wildman–Crippen MR) is 87.2 cm³/mol. The van der Waals surface area contributed by atoms with Gasteiger partial charge in [-0.3, -0.25) is 15.1 Å². The number of carbonyl (C=O) groups is 1. The molecule has 3 aromatic rings. The number of carbonyl (C=O) groups excluding carboxylic acids is 1. The number of hydrogen-bond acceptors (Lipinski definition) is 7. The lowest BCUT2D eigenvalue weighted by molar-refractivity contribution is -0.384. The van der Waals surface area contributed by atoms with Crippen molar-refractivity contribution in [3.05, 3.63) is 64.6 Å². The first-order valence-electron chi connectivity index (χ1n) is 7.40. The standard InChI is InChI=1S/C16H13N5O4/c1-2-25-16(22)14-15(11-3-5-13(6-4-11)21(23)24)20(19-18-14)12-7-9-17-10-8-12/h3-10H,2H2,1H3. The molecule has 25 heavy (non-hydrogen) atoms. The van der Waals surface area contributed by atoms with Crippen molar-refractivity contribution in [1.29, 1.82) is 0 Å². The quantitative estimate of drug-likeness (QED) is 0.398. The fraction of sp³-hybridized carbons (Fsp3) is 0.125. The Bertz CT molecular complexity index is 906. The number of nitro benzene ring substituents is 1. The van der Waals surface area contributed by atoms with Gasteiger partial charge in [-0.2, -0.15) is 0 Å².